The minimum absolute atomic E-state index is 0.0628. The predicted molar refractivity (Wildman–Crippen MR) is 55.8 cm³/mol. The maximum absolute atomic E-state index is 12.3. The summed E-state index contributed by atoms with van der Waals surface area (Å²) >= 11 is 1.71. The number of hydrogen-bond donors (Lipinski definition) is 1. The summed E-state index contributed by atoms with van der Waals surface area (Å²) in [5.74, 6) is -0.662. The lowest BCUT2D eigenvalue weighted by molar-refractivity contribution is 0.101. The van der Waals surface area contributed by atoms with Gasteiger partial charge in [0.1, 0.15) is 5.75 Å². The Bertz CT molecular complexity index is 377. The molecular weight excluding hydrogens is 305 g/mol. The Balaban J connectivity index is 3.35. The molecule has 0 saturated heterocycles. The Morgan fingerprint density at radius 1 is 1.50 bits per heavy atom. The largest absolute Gasteiger partial charge is 0.506 e. The van der Waals surface area contributed by atoms with Crippen molar-refractivity contribution >= 4 is 28.4 Å². The molecule has 0 unspecified atom stereocenters. The van der Waals surface area contributed by atoms with Crippen molar-refractivity contribution in [1.29, 1.82) is 0 Å². The molecule has 76 valence electrons. The van der Waals surface area contributed by atoms with Crippen molar-refractivity contribution in [2.45, 2.75) is 13.3 Å². The molecule has 5 heteroatoms. The van der Waals surface area contributed by atoms with Crippen LogP contribution in [-0.4, -0.2) is 10.9 Å². The average molecular weight is 312 g/mol. The number of benzene rings is 1. The van der Waals surface area contributed by atoms with Gasteiger partial charge in [-0.3, -0.25) is 4.79 Å². The van der Waals surface area contributed by atoms with Crippen LogP contribution in [0.15, 0.2) is 12.1 Å². The summed E-state index contributed by atoms with van der Waals surface area (Å²) in [6.07, 6.45) is -2.64. The molecule has 1 N–H and O–H groups in total. The van der Waals surface area contributed by atoms with Crippen molar-refractivity contribution in [2.75, 3.05) is 0 Å². The quantitative estimate of drug-likeness (QED) is 0.673. The van der Waals surface area contributed by atoms with Crippen molar-refractivity contribution in [3.63, 3.8) is 0 Å². The summed E-state index contributed by atoms with van der Waals surface area (Å²) in [5, 5.41) is 9.40. The van der Waals surface area contributed by atoms with Crippen LogP contribution in [0.2, 0.25) is 0 Å². The first-order valence-corrected chi connectivity index (χ1v) is 4.83. The smallest absolute Gasteiger partial charge is 0.263 e. The van der Waals surface area contributed by atoms with Gasteiger partial charge >= 0.3 is 0 Å². The number of Topliss-reactive ketones (excluding diaryl/α,β-unsaturated/α-hetero) is 1. The zero-order valence-electron chi connectivity index (χ0n) is 7.22. The van der Waals surface area contributed by atoms with Crippen molar-refractivity contribution in [3.8, 4) is 5.75 Å². The maximum atomic E-state index is 12.3. The zero-order valence-corrected chi connectivity index (χ0v) is 9.38. The molecule has 0 saturated carbocycles. The number of alkyl halides is 2. The molecule has 0 spiro atoms. The molecule has 14 heavy (non-hydrogen) atoms. The van der Waals surface area contributed by atoms with Crippen molar-refractivity contribution in [1.82, 2.24) is 0 Å². The van der Waals surface area contributed by atoms with Crippen LogP contribution in [0, 0.1) is 3.57 Å². The summed E-state index contributed by atoms with van der Waals surface area (Å²) in [5.41, 5.74) is -0.315. The number of phenols is 1. The molecular formula is C9H7F2IO2. The Hall–Kier alpha value is -0.720. The van der Waals surface area contributed by atoms with Crippen LogP contribution in [0.25, 0.3) is 0 Å². The number of ketones is 1. The van der Waals surface area contributed by atoms with Gasteiger partial charge in [0.15, 0.2) is 5.78 Å². The van der Waals surface area contributed by atoms with Gasteiger partial charge in [-0.25, -0.2) is 8.78 Å². The molecule has 0 aliphatic heterocycles. The predicted octanol–water partition coefficient (Wildman–Crippen LogP) is 3.14. The second kappa shape index (κ2) is 4.20. The molecule has 0 aromatic heterocycles. The number of rotatable bonds is 2. The lowest BCUT2D eigenvalue weighted by Crippen LogP contribution is -1.97. The van der Waals surface area contributed by atoms with E-state index in [9.17, 15) is 18.7 Å². The van der Waals surface area contributed by atoms with E-state index in [0.717, 1.165) is 12.1 Å². The van der Waals surface area contributed by atoms with E-state index in [2.05, 4.69) is 0 Å². The molecule has 0 radical (unpaired) electrons. The summed E-state index contributed by atoms with van der Waals surface area (Å²) < 4.78 is 24.9. The van der Waals surface area contributed by atoms with Gasteiger partial charge in [-0.15, -0.1) is 0 Å². The van der Waals surface area contributed by atoms with Crippen LogP contribution >= 0.6 is 22.6 Å². The summed E-state index contributed by atoms with van der Waals surface area (Å²) in [7, 11) is 0. The van der Waals surface area contributed by atoms with Crippen LogP contribution < -0.4 is 0 Å². The molecule has 0 bridgehead atoms. The second-order valence-electron chi connectivity index (χ2n) is 2.76. The zero-order chi connectivity index (χ0) is 10.9. The third kappa shape index (κ3) is 2.20. The van der Waals surface area contributed by atoms with Gasteiger partial charge in [-0.2, -0.15) is 0 Å². The molecule has 0 aliphatic carbocycles. The minimum atomic E-state index is -2.64. The lowest BCUT2D eigenvalue weighted by Gasteiger charge is -2.06. The fraction of sp³-hybridized carbons (Fsp3) is 0.222. The average Bonchev–Trinajstić information content (AvgIpc) is 2.08. The molecule has 1 aromatic carbocycles. The van der Waals surface area contributed by atoms with E-state index in [0.29, 0.717) is 0 Å². The molecule has 0 atom stereocenters. The summed E-state index contributed by atoms with van der Waals surface area (Å²) in [6, 6.07) is 2.18. The third-order valence-corrected chi connectivity index (χ3v) is 2.54. The first-order valence-electron chi connectivity index (χ1n) is 3.75. The number of carbonyl (C=O) groups excluding carboxylic acids is 1. The number of halogens is 3. The topological polar surface area (TPSA) is 37.3 Å². The number of aromatic hydroxyl groups is 1. The molecule has 1 rings (SSSR count). The fourth-order valence-electron chi connectivity index (χ4n) is 1.01. The first kappa shape index (κ1) is 11.4. The molecule has 0 fully saturated rings. The minimum Gasteiger partial charge on any atom is -0.506 e. The Morgan fingerprint density at radius 3 is 2.50 bits per heavy atom. The number of phenolic OH excluding ortho intramolecular Hbond substituents is 1. The van der Waals surface area contributed by atoms with Crippen molar-refractivity contribution in [3.05, 3.63) is 26.8 Å². The lowest BCUT2D eigenvalue weighted by atomic mass is 10.1. The van der Waals surface area contributed by atoms with Gasteiger partial charge < -0.3 is 5.11 Å². The van der Waals surface area contributed by atoms with Crippen LogP contribution in [-0.2, 0) is 0 Å². The van der Waals surface area contributed by atoms with E-state index >= 15 is 0 Å². The fourth-order valence-corrected chi connectivity index (χ4v) is 1.66. The van der Waals surface area contributed by atoms with Gasteiger partial charge in [-0.05, 0) is 41.6 Å². The molecule has 1 aromatic rings. The number of carbonyl (C=O) groups is 1. The molecule has 0 aliphatic rings. The Labute approximate surface area is 93.1 Å². The molecule has 0 heterocycles. The normalized spacial score (nSPS) is 10.6. The van der Waals surface area contributed by atoms with Gasteiger partial charge in [-0.1, -0.05) is 0 Å². The van der Waals surface area contributed by atoms with Gasteiger partial charge in [0, 0.05) is 5.56 Å². The van der Waals surface area contributed by atoms with E-state index in [4.69, 9.17) is 0 Å². The highest BCUT2D eigenvalue weighted by atomic mass is 127. The van der Waals surface area contributed by atoms with Crippen molar-refractivity contribution in [2.24, 2.45) is 0 Å². The van der Waals surface area contributed by atoms with Crippen LogP contribution in [0.3, 0.4) is 0 Å². The van der Waals surface area contributed by atoms with E-state index < -0.39 is 12.2 Å². The van der Waals surface area contributed by atoms with Crippen molar-refractivity contribution < 1.29 is 18.7 Å². The van der Waals surface area contributed by atoms with Crippen LogP contribution in [0.5, 0.6) is 5.75 Å². The van der Waals surface area contributed by atoms with Crippen LogP contribution in [0.4, 0.5) is 8.78 Å². The second-order valence-corrected chi connectivity index (χ2v) is 3.92. The first-order chi connectivity index (χ1) is 6.43. The van der Waals surface area contributed by atoms with E-state index in [1.54, 1.807) is 22.6 Å². The SMILES string of the molecule is CC(=O)c1cc(C(F)F)cc(I)c1O. The highest BCUT2D eigenvalue weighted by Gasteiger charge is 2.16. The summed E-state index contributed by atoms with van der Waals surface area (Å²) in [6.45, 7) is 1.22. The van der Waals surface area contributed by atoms with Gasteiger partial charge in [0.05, 0.1) is 9.13 Å². The van der Waals surface area contributed by atoms with E-state index in [-0.39, 0.29) is 20.4 Å². The highest BCUT2D eigenvalue weighted by molar-refractivity contribution is 14.1. The van der Waals surface area contributed by atoms with E-state index in [1.807, 2.05) is 0 Å². The van der Waals surface area contributed by atoms with Gasteiger partial charge in [0.2, 0.25) is 0 Å². The Kier molecular flexibility index (Phi) is 3.41. The number of hydrogen-bond acceptors (Lipinski definition) is 2. The standard InChI is InChI=1S/C9H7F2IO2/c1-4(13)6-2-5(9(10)11)3-7(12)8(6)14/h2-3,9,14H,1H3. The molecule has 0 amide bonds. The monoisotopic (exact) mass is 312 g/mol. The molecule has 2 nitrogen and oxygen atoms in total. The van der Waals surface area contributed by atoms with Crippen LogP contribution in [0.1, 0.15) is 29.3 Å². The maximum Gasteiger partial charge on any atom is 0.263 e. The summed E-state index contributed by atoms with van der Waals surface area (Å²) in [4.78, 5) is 11.0. The third-order valence-electron chi connectivity index (χ3n) is 1.72. The Morgan fingerprint density at radius 2 is 2.07 bits per heavy atom. The van der Waals surface area contributed by atoms with Gasteiger partial charge in [0.25, 0.3) is 6.43 Å². The highest BCUT2D eigenvalue weighted by Crippen LogP contribution is 2.30. The van der Waals surface area contributed by atoms with E-state index in [1.165, 1.54) is 6.92 Å².